The van der Waals surface area contributed by atoms with E-state index < -0.39 is 31.6 Å². The fraction of sp³-hybridized carbons (Fsp3) is 0.424. The molecule has 4 rings (SSSR count). The number of aromatic hydroxyl groups is 1. The number of hydrogen-bond acceptors (Lipinski definition) is 3. The van der Waals surface area contributed by atoms with Gasteiger partial charge in [-0.1, -0.05) is 18.2 Å². The fourth-order valence-electron chi connectivity index (χ4n) is 6.00. The molecule has 1 N–H and O–H groups in total. The van der Waals surface area contributed by atoms with Gasteiger partial charge in [0, 0.05) is 0 Å². The van der Waals surface area contributed by atoms with Crippen LogP contribution in [0.5, 0.6) is 5.75 Å². The number of alkyl halides is 5. The Morgan fingerprint density at radius 2 is 1.77 bits per heavy atom. The predicted octanol–water partition coefficient (Wildman–Crippen LogP) is 9.02. The summed E-state index contributed by atoms with van der Waals surface area (Å²) in [5.74, 6) is 0.00468. The summed E-state index contributed by atoms with van der Waals surface area (Å²) in [5, 5.41) is 9.53. The van der Waals surface area contributed by atoms with Gasteiger partial charge in [0.2, 0.25) is 0 Å². The van der Waals surface area contributed by atoms with Crippen LogP contribution in [0.2, 0.25) is 0 Å². The zero-order valence-corrected chi connectivity index (χ0v) is 25.4. The van der Waals surface area contributed by atoms with Crippen molar-refractivity contribution in [2.45, 2.75) is 70.1 Å². The maximum atomic E-state index is 14.3. The number of carbonyl (C=O) groups excluding carboxylic acids is 1. The van der Waals surface area contributed by atoms with Crippen LogP contribution >= 0.6 is 19.8 Å². The Bertz CT molecular complexity index is 1240. The van der Waals surface area contributed by atoms with Crippen molar-refractivity contribution in [3.8, 4) is 5.75 Å². The average molecular weight is 666 g/mol. The predicted molar refractivity (Wildman–Crippen MR) is 166 cm³/mol. The number of hydrogen-bond donors (Lipinski definition) is 1. The van der Waals surface area contributed by atoms with Crippen LogP contribution in [0.3, 0.4) is 0 Å². The molecule has 0 aromatic heterocycles. The maximum absolute atomic E-state index is 14.3. The molecule has 0 amide bonds. The van der Waals surface area contributed by atoms with Crippen LogP contribution < -0.4 is 0 Å². The van der Waals surface area contributed by atoms with E-state index in [2.05, 4.69) is 11.5 Å². The Morgan fingerprint density at radius 3 is 2.40 bits per heavy atom. The molecular formula is C33H39F3INO2. The van der Waals surface area contributed by atoms with Gasteiger partial charge in [-0.3, -0.25) is 0 Å². The van der Waals surface area contributed by atoms with Gasteiger partial charge < -0.3 is 0 Å². The SMILES string of the molecule is C=CCC1CC(c2ccc(/C(C)=C/C=C\C)cc2C(F)(F)F)CCN1C1CCI(C(=O)c2ccc(O)cc2)CC1. The van der Waals surface area contributed by atoms with Gasteiger partial charge in [0.1, 0.15) is 0 Å². The molecule has 0 spiro atoms. The standard InChI is InChI=1S/C33H39F3INO2/c1-4-6-8-23(3)25-11-14-30(31(22-25)33(34,35)36)26-17-20-38(28(21-26)7-5-2)27-15-18-37(19-16-27)32(40)24-9-12-29(39)13-10-24/h4-6,8-14,22,26-28,39H,2,7,15-21H2,1,3H3/b6-4-,23-8+. The summed E-state index contributed by atoms with van der Waals surface area (Å²) in [6, 6.07) is 11.9. The van der Waals surface area contributed by atoms with E-state index in [9.17, 15) is 23.1 Å². The number of allylic oxidation sites excluding steroid dienone is 4. The Labute approximate surface area is 243 Å². The molecule has 2 aromatic carbocycles. The van der Waals surface area contributed by atoms with E-state index in [0.29, 0.717) is 35.6 Å². The number of piperidine rings is 1. The van der Waals surface area contributed by atoms with Crippen LogP contribution in [0.4, 0.5) is 13.2 Å². The zero-order valence-electron chi connectivity index (χ0n) is 23.3. The first kappa shape index (κ1) is 30.6. The number of halogens is 4. The van der Waals surface area contributed by atoms with Crippen molar-refractivity contribution in [2.24, 2.45) is 0 Å². The molecule has 2 aromatic rings. The van der Waals surface area contributed by atoms with Gasteiger partial charge in [0.15, 0.2) is 0 Å². The van der Waals surface area contributed by atoms with Crippen molar-refractivity contribution in [1.82, 2.24) is 4.90 Å². The van der Waals surface area contributed by atoms with Gasteiger partial charge >= 0.3 is 212 Å². The first-order valence-corrected chi connectivity index (χ1v) is 18.1. The van der Waals surface area contributed by atoms with E-state index in [1.165, 1.54) is 6.07 Å². The second-order valence-corrected chi connectivity index (χ2v) is 16.4. The van der Waals surface area contributed by atoms with Crippen LogP contribution in [0.1, 0.15) is 78.9 Å². The van der Waals surface area contributed by atoms with Gasteiger partial charge in [-0.05, 0) is 13.8 Å². The van der Waals surface area contributed by atoms with Crippen LogP contribution in [-0.4, -0.2) is 41.3 Å². The van der Waals surface area contributed by atoms with Gasteiger partial charge in [0.05, 0.1) is 0 Å². The van der Waals surface area contributed by atoms with Crippen molar-refractivity contribution >= 4 is 29.2 Å². The molecule has 2 saturated heterocycles. The minimum atomic E-state index is -4.41. The number of rotatable bonds is 8. The topological polar surface area (TPSA) is 40.5 Å². The third-order valence-electron chi connectivity index (χ3n) is 8.14. The molecule has 2 atom stereocenters. The van der Waals surface area contributed by atoms with E-state index in [1.54, 1.807) is 30.3 Å². The van der Waals surface area contributed by atoms with E-state index in [-0.39, 0.29) is 21.5 Å². The molecule has 0 saturated carbocycles. The third-order valence-corrected chi connectivity index (χ3v) is 14.0. The summed E-state index contributed by atoms with van der Waals surface area (Å²) in [6.45, 7) is 8.42. The Morgan fingerprint density at radius 1 is 1.10 bits per heavy atom. The normalized spacial score (nSPS) is 22.5. The second kappa shape index (κ2) is 13.5. The number of phenolic OH excluding ortho intramolecular Hbond substituents is 1. The van der Waals surface area contributed by atoms with E-state index in [1.807, 2.05) is 44.2 Å². The molecule has 2 heterocycles. The first-order chi connectivity index (χ1) is 19.1. The number of likely N-dealkylation sites (tertiary alicyclic amines) is 1. The summed E-state index contributed by atoms with van der Waals surface area (Å²) < 4.78 is 45.0. The first-order valence-electron chi connectivity index (χ1n) is 13.9. The molecule has 0 bridgehead atoms. The van der Waals surface area contributed by atoms with Crippen molar-refractivity contribution in [3.63, 3.8) is 0 Å². The molecule has 2 fully saturated rings. The molecular weight excluding hydrogens is 626 g/mol. The summed E-state index contributed by atoms with van der Waals surface area (Å²) in [7, 11) is 0. The number of carbonyl (C=O) groups is 1. The minimum absolute atomic E-state index is 0.145. The van der Waals surface area contributed by atoms with Gasteiger partial charge in [-0.25, -0.2) is 0 Å². The van der Waals surface area contributed by atoms with Crippen LogP contribution in [0.25, 0.3) is 5.57 Å². The second-order valence-electron chi connectivity index (χ2n) is 10.7. The van der Waals surface area contributed by atoms with Gasteiger partial charge in [-0.2, -0.15) is 0 Å². The zero-order chi connectivity index (χ0) is 28.9. The van der Waals surface area contributed by atoms with Gasteiger partial charge in [0.25, 0.3) is 0 Å². The van der Waals surface area contributed by atoms with Crippen LogP contribution in [0, 0.1) is 0 Å². The quantitative estimate of drug-likeness (QED) is 0.101. The monoisotopic (exact) mass is 665 g/mol. The molecule has 2 aliphatic heterocycles. The number of phenols is 1. The molecule has 2 aliphatic rings. The van der Waals surface area contributed by atoms with Crippen LogP contribution in [0.15, 0.2) is 73.3 Å². The Kier molecular flexibility index (Phi) is 10.3. The van der Waals surface area contributed by atoms with Crippen molar-refractivity contribution in [3.05, 3.63) is 95.6 Å². The molecule has 0 radical (unpaired) electrons. The summed E-state index contributed by atoms with van der Waals surface area (Å²) in [6.07, 6.45) is 7.05. The number of nitrogens with zero attached hydrogens (tertiary/aromatic N) is 1. The molecule has 3 nitrogen and oxygen atoms in total. The Hall–Kier alpha value is -2.39. The molecule has 0 aliphatic carbocycles. The van der Waals surface area contributed by atoms with Crippen molar-refractivity contribution in [2.75, 3.05) is 15.4 Å². The number of benzene rings is 2. The summed E-state index contributed by atoms with van der Waals surface area (Å²) >= 11 is -1.80. The molecule has 2 unspecified atom stereocenters. The molecule has 216 valence electrons. The van der Waals surface area contributed by atoms with Crippen molar-refractivity contribution in [1.29, 1.82) is 0 Å². The van der Waals surface area contributed by atoms with E-state index in [4.69, 9.17) is 0 Å². The summed E-state index contributed by atoms with van der Waals surface area (Å²) in [4.78, 5) is 15.6. The third kappa shape index (κ3) is 7.27. The van der Waals surface area contributed by atoms with E-state index >= 15 is 0 Å². The fourth-order valence-corrected chi connectivity index (χ4v) is 11.7. The average Bonchev–Trinajstić information content (AvgIpc) is 2.95. The summed E-state index contributed by atoms with van der Waals surface area (Å²) in [5.41, 5.74) is 1.98. The van der Waals surface area contributed by atoms with Gasteiger partial charge in [-0.15, -0.1) is 0 Å². The van der Waals surface area contributed by atoms with Crippen LogP contribution in [-0.2, 0) is 6.18 Å². The molecule has 40 heavy (non-hydrogen) atoms. The van der Waals surface area contributed by atoms with Crippen molar-refractivity contribution < 1.29 is 23.1 Å². The van der Waals surface area contributed by atoms with E-state index in [0.717, 1.165) is 40.2 Å². The molecule has 7 heteroatoms. The Balaban J connectivity index is 1.47.